The van der Waals surface area contributed by atoms with E-state index in [9.17, 15) is 10.2 Å². The van der Waals surface area contributed by atoms with Crippen LogP contribution in [-0.2, 0) is 9.47 Å². The van der Waals surface area contributed by atoms with Gasteiger partial charge in [0.2, 0.25) is 0 Å². The molecule has 1 fully saturated rings. The fourth-order valence-corrected chi connectivity index (χ4v) is 1.44. The van der Waals surface area contributed by atoms with Gasteiger partial charge in [-0.2, -0.15) is 0 Å². The first kappa shape index (κ1) is 12.2. The van der Waals surface area contributed by atoms with E-state index in [0.717, 1.165) is 0 Å². The quantitative estimate of drug-likeness (QED) is 0.310. The minimum Gasteiger partial charge on any atom is -0.394 e. The van der Waals surface area contributed by atoms with Gasteiger partial charge < -0.3 is 24.8 Å². The molecule has 1 aliphatic rings. The second-order valence-corrected chi connectivity index (χ2v) is 3.14. The van der Waals surface area contributed by atoms with Crippen molar-refractivity contribution in [3.8, 4) is 0 Å². The summed E-state index contributed by atoms with van der Waals surface area (Å²) in [7, 11) is 1.31. The van der Waals surface area contributed by atoms with Crippen molar-refractivity contribution in [3.05, 3.63) is 10.4 Å². The van der Waals surface area contributed by atoms with E-state index in [4.69, 9.17) is 20.1 Å². The van der Waals surface area contributed by atoms with Gasteiger partial charge in [0.15, 0.2) is 6.29 Å². The topological polar surface area (TPSA) is 128 Å². The number of ether oxygens (including phenoxy) is 2. The monoisotopic (exact) mass is 219 g/mol. The van der Waals surface area contributed by atoms with Gasteiger partial charge in [0.1, 0.15) is 18.2 Å². The van der Waals surface area contributed by atoms with Crippen LogP contribution < -0.4 is 0 Å². The van der Waals surface area contributed by atoms with Crippen LogP contribution in [0.1, 0.15) is 0 Å². The minimum absolute atomic E-state index is 0.457. The summed E-state index contributed by atoms with van der Waals surface area (Å²) >= 11 is 0. The van der Waals surface area contributed by atoms with Crippen LogP contribution in [-0.4, -0.2) is 59.7 Å². The molecular weight excluding hydrogens is 206 g/mol. The van der Waals surface area contributed by atoms with Crippen LogP contribution >= 0.6 is 0 Å². The molecule has 8 heteroatoms. The molecular formula is C7H13N3O5. The zero-order valence-corrected chi connectivity index (χ0v) is 8.09. The van der Waals surface area contributed by atoms with Crippen molar-refractivity contribution < 1.29 is 24.8 Å². The molecule has 0 saturated carbocycles. The Bertz CT molecular complexity index is 255. The van der Waals surface area contributed by atoms with E-state index < -0.39 is 37.3 Å². The SMILES string of the molecule is COC1O[C@H](CO)[C@@H](O)[C@H](O)C1N=[N+]=[N-]. The van der Waals surface area contributed by atoms with Gasteiger partial charge in [-0.05, 0) is 5.53 Å². The second kappa shape index (κ2) is 5.26. The zero-order valence-electron chi connectivity index (χ0n) is 8.09. The number of aliphatic hydroxyl groups is 3. The second-order valence-electron chi connectivity index (χ2n) is 3.14. The molecule has 0 spiro atoms. The molecule has 1 rings (SSSR count). The Morgan fingerprint density at radius 1 is 1.47 bits per heavy atom. The zero-order chi connectivity index (χ0) is 11.4. The smallest absolute Gasteiger partial charge is 0.168 e. The third-order valence-electron chi connectivity index (χ3n) is 2.27. The van der Waals surface area contributed by atoms with E-state index >= 15 is 0 Å². The molecule has 8 nitrogen and oxygen atoms in total. The summed E-state index contributed by atoms with van der Waals surface area (Å²) < 4.78 is 9.92. The maximum Gasteiger partial charge on any atom is 0.168 e. The van der Waals surface area contributed by atoms with Crippen molar-refractivity contribution in [2.45, 2.75) is 30.6 Å². The van der Waals surface area contributed by atoms with Gasteiger partial charge in [-0.3, -0.25) is 0 Å². The number of azide groups is 1. The van der Waals surface area contributed by atoms with E-state index in [1.807, 2.05) is 0 Å². The maximum absolute atomic E-state index is 9.59. The lowest BCUT2D eigenvalue weighted by atomic mass is 9.98. The van der Waals surface area contributed by atoms with Gasteiger partial charge in [0.25, 0.3) is 0 Å². The van der Waals surface area contributed by atoms with E-state index in [1.54, 1.807) is 0 Å². The molecule has 1 heterocycles. The van der Waals surface area contributed by atoms with Gasteiger partial charge in [-0.15, -0.1) is 0 Å². The number of nitrogens with zero attached hydrogens (tertiary/aromatic N) is 3. The van der Waals surface area contributed by atoms with Crippen LogP contribution in [0, 0.1) is 0 Å². The van der Waals surface area contributed by atoms with Crippen LogP contribution in [0.3, 0.4) is 0 Å². The average Bonchev–Trinajstić information content (AvgIpc) is 2.25. The lowest BCUT2D eigenvalue weighted by Crippen LogP contribution is -2.58. The van der Waals surface area contributed by atoms with E-state index in [-0.39, 0.29) is 0 Å². The van der Waals surface area contributed by atoms with Gasteiger partial charge in [-0.25, -0.2) is 0 Å². The fraction of sp³-hybridized carbons (Fsp3) is 1.00. The third kappa shape index (κ3) is 2.37. The Kier molecular flexibility index (Phi) is 4.28. The van der Waals surface area contributed by atoms with Crippen molar-refractivity contribution in [2.75, 3.05) is 13.7 Å². The first-order chi connectivity index (χ1) is 7.15. The van der Waals surface area contributed by atoms with Gasteiger partial charge in [0, 0.05) is 12.0 Å². The Labute approximate surface area is 85.7 Å². The number of rotatable bonds is 3. The molecule has 0 amide bonds. The summed E-state index contributed by atoms with van der Waals surface area (Å²) in [5.41, 5.74) is 8.26. The highest BCUT2D eigenvalue weighted by Crippen LogP contribution is 2.23. The Morgan fingerprint density at radius 3 is 2.60 bits per heavy atom. The fourth-order valence-electron chi connectivity index (χ4n) is 1.44. The number of hydrogen-bond donors (Lipinski definition) is 3. The molecule has 0 aromatic heterocycles. The normalized spacial score (nSPS) is 40.9. The van der Waals surface area contributed by atoms with Crippen LogP contribution in [0.2, 0.25) is 0 Å². The predicted octanol–water partition coefficient (Wildman–Crippen LogP) is -1.25. The molecule has 86 valence electrons. The van der Waals surface area contributed by atoms with Gasteiger partial charge in [-0.1, -0.05) is 5.11 Å². The molecule has 15 heavy (non-hydrogen) atoms. The van der Waals surface area contributed by atoms with Crippen LogP contribution in [0.15, 0.2) is 5.11 Å². The summed E-state index contributed by atoms with van der Waals surface area (Å²) in [5, 5.41) is 31.2. The van der Waals surface area contributed by atoms with Gasteiger partial charge >= 0.3 is 0 Å². The van der Waals surface area contributed by atoms with E-state index in [2.05, 4.69) is 10.0 Å². The largest absolute Gasteiger partial charge is 0.394 e. The number of hydrogen-bond acceptors (Lipinski definition) is 6. The van der Waals surface area contributed by atoms with Crippen molar-refractivity contribution in [2.24, 2.45) is 5.11 Å². The highest BCUT2D eigenvalue weighted by Gasteiger charge is 2.43. The Balaban J connectivity index is 2.83. The van der Waals surface area contributed by atoms with E-state index in [1.165, 1.54) is 7.11 Å². The molecule has 0 aliphatic carbocycles. The maximum atomic E-state index is 9.59. The standard InChI is InChI=1S/C7H13N3O5/c1-14-7-4(9-10-8)6(13)5(12)3(2-11)15-7/h3-7,11-13H,2H2,1H3/t3-,4?,5-,6-,7?/m1/s1. The molecule has 0 aromatic carbocycles. The van der Waals surface area contributed by atoms with Crippen LogP contribution in [0.4, 0.5) is 0 Å². The summed E-state index contributed by atoms with van der Waals surface area (Å²) in [6.45, 7) is -0.457. The molecule has 0 bridgehead atoms. The molecule has 0 radical (unpaired) electrons. The first-order valence-electron chi connectivity index (χ1n) is 4.35. The average molecular weight is 219 g/mol. The van der Waals surface area contributed by atoms with Crippen LogP contribution in [0.25, 0.3) is 10.4 Å². The lowest BCUT2D eigenvalue weighted by Gasteiger charge is -2.39. The summed E-state index contributed by atoms with van der Waals surface area (Å²) in [5.74, 6) is 0. The Morgan fingerprint density at radius 2 is 2.13 bits per heavy atom. The molecule has 1 saturated heterocycles. The number of methoxy groups -OCH3 is 1. The third-order valence-corrected chi connectivity index (χ3v) is 2.27. The van der Waals surface area contributed by atoms with Crippen LogP contribution in [0.5, 0.6) is 0 Å². The number of aliphatic hydroxyl groups excluding tert-OH is 3. The summed E-state index contributed by atoms with van der Waals surface area (Å²) in [6, 6.07) is -1.03. The summed E-state index contributed by atoms with van der Waals surface area (Å²) in [4.78, 5) is 2.52. The van der Waals surface area contributed by atoms with E-state index in [0.29, 0.717) is 0 Å². The molecule has 1 aliphatic heterocycles. The Hall–Kier alpha value is -0.890. The molecule has 2 unspecified atom stereocenters. The van der Waals surface area contributed by atoms with Crippen molar-refractivity contribution >= 4 is 0 Å². The predicted molar refractivity (Wildman–Crippen MR) is 47.7 cm³/mol. The lowest BCUT2D eigenvalue weighted by molar-refractivity contribution is -0.257. The highest BCUT2D eigenvalue weighted by molar-refractivity contribution is 4.93. The highest BCUT2D eigenvalue weighted by atomic mass is 16.7. The van der Waals surface area contributed by atoms with Gasteiger partial charge in [0.05, 0.1) is 12.7 Å². The minimum atomic E-state index is -1.32. The molecule has 3 N–H and O–H groups in total. The molecule has 5 atom stereocenters. The summed E-state index contributed by atoms with van der Waals surface area (Å²) in [6.07, 6.45) is -4.56. The van der Waals surface area contributed by atoms with Crippen molar-refractivity contribution in [3.63, 3.8) is 0 Å². The van der Waals surface area contributed by atoms with Crippen molar-refractivity contribution in [1.82, 2.24) is 0 Å². The molecule has 0 aromatic rings. The first-order valence-corrected chi connectivity index (χ1v) is 4.35. The van der Waals surface area contributed by atoms with Crippen molar-refractivity contribution in [1.29, 1.82) is 0 Å².